The van der Waals surface area contributed by atoms with Crippen LogP contribution in [0.25, 0.3) is 0 Å². The summed E-state index contributed by atoms with van der Waals surface area (Å²) in [6.07, 6.45) is 4.47. The van der Waals surface area contributed by atoms with E-state index >= 15 is 0 Å². The fraction of sp³-hybridized carbons (Fsp3) is 0.222. The highest BCUT2D eigenvalue weighted by Gasteiger charge is 2.28. The molecule has 0 saturated carbocycles. The molecule has 1 aliphatic heterocycles. The maximum absolute atomic E-state index is 11.3. The Hall–Kier alpha value is -2.11. The molecule has 2 heterocycles. The molecule has 0 spiro atoms. The van der Waals surface area contributed by atoms with Crippen molar-refractivity contribution in [2.75, 3.05) is 13.1 Å². The van der Waals surface area contributed by atoms with Crippen LogP contribution in [-0.4, -0.2) is 41.7 Å². The summed E-state index contributed by atoms with van der Waals surface area (Å²) in [5, 5.41) is 5.08. The predicted octanol–water partition coefficient (Wildman–Crippen LogP) is 0.418. The van der Waals surface area contributed by atoms with Gasteiger partial charge in [0.05, 0.1) is 25.6 Å². The van der Waals surface area contributed by atoms with Crippen LogP contribution in [0.15, 0.2) is 27.9 Å². The lowest BCUT2D eigenvalue weighted by molar-refractivity contribution is 0.206. The van der Waals surface area contributed by atoms with E-state index in [0.717, 1.165) is 4.90 Å². The fourth-order valence-corrected chi connectivity index (χ4v) is 1.21. The predicted molar refractivity (Wildman–Crippen MR) is 50.8 cm³/mol. The van der Waals surface area contributed by atoms with E-state index in [0.29, 0.717) is 18.8 Å². The third kappa shape index (κ3) is 1.88. The summed E-state index contributed by atoms with van der Waals surface area (Å²) in [5.74, 6) is 0.552. The van der Waals surface area contributed by atoms with Crippen molar-refractivity contribution in [1.29, 1.82) is 0 Å². The number of furan rings is 1. The Morgan fingerprint density at radius 3 is 3.00 bits per heavy atom. The molecule has 1 aliphatic rings. The summed E-state index contributed by atoms with van der Waals surface area (Å²) in [4.78, 5) is 22.6. The number of carbonyl (C=O) groups is 1. The monoisotopic (exact) mass is 206 g/mol. The number of carbonyl (C=O) groups excluding carboxylic acids is 2. The summed E-state index contributed by atoms with van der Waals surface area (Å²) in [6, 6.07) is 2.97. The molecule has 3 amide bonds. The van der Waals surface area contributed by atoms with Crippen molar-refractivity contribution in [3.05, 3.63) is 24.2 Å². The van der Waals surface area contributed by atoms with Crippen LogP contribution in [0.4, 0.5) is 4.79 Å². The van der Waals surface area contributed by atoms with Crippen molar-refractivity contribution in [1.82, 2.24) is 9.91 Å². The number of urea groups is 1. The van der Waals surface area contributed by atoms with Crippen molar-refractivity contribution in [2.45, 2.75) is 0 Å². The Bertz CT molecular complexity index is 385. The summed E-state index contributed by atoms with van der Waals surface area (Å²) in [5.41, 5.74) is 0. The van der Waals surface area contributed by atoms with E-state index in [1.807, 2.05) is 0 Å². The van der Waals surface area contributed by atoms with Crippen molar-refractivity contribution in [3.8, 4) is 0 Å². The van der Waals surface area contributed by atoms with Crippen LogP contribution >= 0.6 is 0 Å². The number of hydrazone groups is 1. The molecule has 1 fully saturated rings. The lowest BCUT2D eigenvalue weighted by atomic mass is 10.5. The van der Waals surface area contributed by atoms with Crippen LogP contribution in [0.5, 0.6) is 0 Å². The SMILES string of the molecule is O=[C]N1CCN(N=Cc2ccco2)C1=O. The second kappa shape index (κ2) is 3.95. The van der Waals surface area contributed by atoms with Crippen molar-refractivity contribution >= 4 is 18.7 Å². The first-order valence-corrected chi connectivity index (χ1v) is 4.35. The molecule has 1 aromatic rings. The van der Waals surface area contributed by atoms with Gasteiger partial charge in [-0.1, -0.05) is 0 Å². The largest absolute Gasteiger partial charge is 0.463 e. The van der Waals surface area contributed by atoms with Crippen LogP contribution in [0.3, 0.4) is 0 Å². The first-order valence-electron chi connectivity index (χ1n) is 4.35. The van der Waals surface area contributed by atoms with Crippen LogP contribution in [0, 0.1) is 0 Å². The molecule has 0 bridgehead atoms. The van der Waals surface area contributed by atoms with E-state index in [4.69, 9.17) is 4.42 Å². The number of hydrogen-bond acceptors (Lipinski definition) is 4. The topological polar surface area (TPSA) is 66.1 Å². The standard InChI is InChI=1S/C9H8N3O3/c13-7-11-3-4-12(9(11)14)10-6-8-2-1-5-15-8/h1-2,5-6H,3-4H2. The molecular weight excluding hydrogens is 198 g/mol. The molecule has 1 radical (unpaired) electrons. The van der Waals surface area contributed by atoms with E-state index < -0.39 is 6.03 Å². The molecule has 2 rings (SSSR count). The van der Waals surface area contributed by atoms with Crippen LogP contribution in [0.2, 0.25) is 0 Å². The highest BCUT2D eigenvalue weighted by atomic mass is 16.3. The molecule has 0 aliphatic carbocycles. The summed E-state index contributed by atoms with van der Waals surface area (Å²) >= 11 is 0. The minimum atomic E-state index is -0.465. The molecule has 0 atom stereocenters. The second-order valence-electron chi connectivity index (χ2n) is 2.91. The lowest BCUT2D eigenvalue weighted by Gasteiger charge is -2.06. The van der Waals surface area contributed by atoms with Gasteiger partial charge in [-0.2, -0.15) is 5.10 Å². The van der Waals surface area contributed by atoms with Crippen molar-refractivity contribution < 1.29 is 14.0 Å². The zero-order valence-electron chi connectivity index (χ0n) is 7.79. The Balaban J connectivity index is 2.02. The number of rotatable bonds is 3. The third-order valence-corrected chi connectivity index (χ3v) is 1.96. The summed E-state index contributed by atoms with van der Waals surface area (Å²) in [7, 11) is 0. The highest BCUT2D eigenvalue weighted by molar-refractivity contribution is 5.87. The van der Waals surface area contributed by atoms with Gasteiger partial charge in [0.25, 0.3) is 0 Å². The number of amides is 3. The maximum Gasteiger partial charge on any atom is 0.347 e. The van der Waals surface area contributed by atoms with Gasteiger partial charge in [-0.05, 0) is 12.1 Å². The van der Waals surface area contributed by atoms with E-state index in [9.17, 15) is 9.59 Å². The average molecular weight is 206 g/mol. The average Bonchev–Trinajstić information content (AvgIpc) is 2.85. The Labute approximate surface area is 85.8 Å². The molecule has 6 nitrogen and oxygen atoms in total. The Kier molecular flexibility index (Phi) is 2.49. The smallest absolute Gasteiger partial charge is 0.347 e. The van der Waals surface area contributed by atoms with Crippen LogP contribution < -0.4 is 0 Å². The van der Waals surface area contributed by atoms with E-state index in [1.54, 1.807) is 12.1 Å². The molecular formula is C9H8N3O3. The van der Waals surface area contributed by atoms with E-state index in [-0.39, 0.29) is 0 Å². The lowest BCUT2D eigenvalue weighted by Crippen LogP contribution is -2.27. The van der Waals surface area contributed by atoms with Crippen molar-refractivity contribution in [2.24, 2.45) is 5.10 Å². The third-order valence-electron chi connectivity index (χ3n) is 1.96. The maximum atomic E-state index is 11.3. The summed E-state index contributed by atoms with van der Waals surface area (Å²) < 4.78 is 5.00. The molecule has 77 valence electrons. The van der Waals surface area contributed by atoms with Crippen LogP contribution in [-0.2, 0) is 4.79 Å². The Morgan fingerprint density at radius 1 is 1.53 bits per heavy atom. The van der Waals surface area contributed by atoms with Gasteiger partial charge in [0.15, 0.2) is 0 Å². The van der Waals surface area contributed by atoms with Gasteiger partial charge in [0.1, 0.15) is 5.76 Å². The quantitative estimate of drug-likeness (QED) is 0.673. The molecule has 6 heteroatoms. The normalized spacial score (nSPS) is 16.7. The molecule has 0 unspecified atom stereocenters. The van der Waals surface area contributed by atoms with Gasteiger partial charge in [-0.15, -0.1) is 0 Å². The molecule has 0 N–H and O–H groups in total. The van der Waals surface area contributed by atoms with Gasteiger partial charge in [0, 0.05) is 0 Å². The number of hydrogen-bond donors (Lipinski definition) is 0. The fourth-order valence-electron chi connectivity index (χ4n) is 1.21. The first-order chi connectivity index (χ1) is 7.31. The van der Waals surface area contributed by atoms with Gasteiger partial charge < -0.3 is 4.42 Å². The van der Waals surface area contributed by atoms with Crippen molar-refractivity contribution in [3.63, 3.8) is 0 Å². The van der Waals surface area contributed by atoms with E-state index in [1.165, 1.54) is 23.9 Å². The first kappa shape index (κ1) is 9.45. The van der Waals surface area contributed by atoms with Crippen LogP contribution in [0.1, 0.15) is 5.76 Å². The molecule has 15 heavy (non-hydrogen) atoms. The minimum Gasteiger partial charge on any atom is -0.463 e. The highest BCUT2D eigenvalue weighted by Crippen LogP contribution is 2.06. The van der Waals surface area contributed by atoms with Gasteiger partial charge in [-0.25, -0.2) is 9.80 Å². The molecule has 1 aromatic heterocycles. The molecule has 1 saturated heterocycles. The van der Waals surface area contributed by atoms with Gasteiger partial charge in [0.2, 0.25) is 0 Å². The zero-order chi connectivity index (χ0) is 10.7. The van der Waals surface area contributed by atoms with Gasteiger partial charge in [-0.3, -0.25) is 9.69 Å². The van der Waals surface area contributed by atoms with E-state index in [2.05, 4.69) is 5.10 Å². The second-order valence-corrected chi connectivity index (χ2v) is 2.91. The summed E-state index contributed by atoms with van der Waals surface area (Å²) in [6.45, 7) is 0.698. The van der Waals surface area contributed by atoms with Gasteiger partial charge >= 0.3 is 12.4 Å². The molecule has 0 aromatic carbocycles. The Morgan fingerprint density at radius 2 is 2.40 bits per heavy atom. The number of imide groups is 1. The zero-order valence-corrected chi connectivity index (χ0v) is 7.79. The number of nitrogens with zero attached hydrogens (tertiary/aromatic N) is 3. The minimum absolute atomic E-state index is 0.317.